The van der Waals surface area contributed by atoms with E-state index in [9.17, 15) is 9.59 Å². The number of benzene rings is 2. The Morgan fingerprint density at radius 2 is 1.46 bits per heavy atom. The van der Waals surface area contributed by atoms with Crippen molar-refractivity contribution in [2.45, 2.75) is 38.9 Å². The van der Waals surface area contributed by atoms with Gasteiger partial charge in [-0.15, -0.1) is 6.42 Å². The molecule has 0 saturated carbocycles. The van der Waals surface area contributed by atoms with Crippen molar-refractivity contribution >= 4 is 37.2 Å². The second-order valence-electron chi connectivity index (χ2n) is 10.3. The Hall–Kier alpha value is -4.51. The van der Waals surface area contributed by atoms with E-state index in [-0.39, 0.29) is 16.4 Å². The van der Waals surface area contributed by atoms with Crippen LogP contribution in [0.2, 0.25) is 18.1 Å². The normalized spacial score (nSPS) is 11.2. The zero-order valence-corrected chi connectivity index (χ0v) is 23.8. The summed E-state index contributed by atoms with van der Waals surface area (Å²) < 4.78 is 6.19. The highest BCUT2D eigenvalue weighted by Crippen LogP contribution is 2.36. The highest BCUT2D eigenvalue weighted by molar-refractivity contribution is 6.74. The number of anilines is 3. The Balaban J connectivity index is 1.65. The van der Waals surface area contributed by atoms with Crippen molar-refractivity contribution in [1.82, 2.24) is 9.97 Å². The van der Waals surface area contributed by atoms with Crippen molar-refractivity contribution in [3.8, 4) is 12.3 Å². The molecule has 9 nitrogen and oxygen atoms in total. The maximum atomic E-state index is 13.0. The molecular formula is C29H32N6O3Si. The molecular weight excluding hydrogens is 508 g/mol. The largest absolute Gasteiger partial charge is 0.415 e. The van der Waals surface area contributed by atoms with Gasteiger partial charge in [-0.25, -0.2) is 9.97 Å². The fourth-order valence-electron chi connectivity index (χ4n) is 3.26. The lowest BCUT2D eigenvalue weighted by Gasteiger charge is -2.36. The third kappa shape index (κ3) is 7.51. The van der Waals surface area contributed by atoms with Gasteiger partial charge in [0.15, 0.2) is 19.7 Å². The fourth-order valence-corrected chi connectivity index (χ4v) is 4.29. The van der Waals surface area contributed by atoms with Gasteiger partial charge < -0.3 is 15.1 Å². The summed E-state index contributed by atoms with van der Waals surface area (Å²) in [7, 11) is -1.91. The molecule has 3 rings (SSSR count). The summed E-state index contributed by atoms with van der Waals surface area (Å²) in [6.45, 7) is 19.3. The van der Waals surface area contributed by atoms with E-state index < -0.39 is 20.1 Å². The summed E-state index contributed by atoms with van der Waals surface area (Å²) in [6, 6.07) is 13.6. The van der Waals surface area contributed by atoms with E-state index in [1.807, 2.05) is 0 Å². The molecule has 2 aromatic carbocycles. The van der Waals surface area contributed by atoms with Crippen molar-refractivity contribution < 1.29 is 14.0 Å². The number of amides is 2. The molecule has 0 radical (unpaired) electrons. The predicted molar refractivity (Wildman–Crippen MR) is 156 cm³/mol. The molecule has 1 heterocycles. The van der Waals surface area contributed by atoms with Crippen molar-refractivity contribution in [3.05, 3.63) is 89.4 Å². The molecule has 0 aliphatic carbocycles. The first-order valence-corrected chi connectivity index (χ1v) is 15.3. The van der Waals surface area contributed by atoms with Gasteiger partial charge in [0.05, 0.1) is 6.61 Å². The lowest BCUT2D eigenvalue weighted by molar-refractivity contribution is 0.0983. The summed E-state index contributed by atoms with van der Waals surface area (Å²) in [6.07, 6.45) is 8.05. The summed E-state index contributed by atoms with van der Waals surface area (Å²) in [5.74, 6) is 1.34. The van der Waals surface area contributed by atoms with E-state index in [1.54, 1.807) is 48.5 Å². The molecule has 10 heteroatoms. The van der Waals surface area contributed by atoms with Crippen molar-refractivity contribution in [2.24, 2.45) is 0 Å². The molecule has 0 saturated heterocycles. The molecule has 0 unspecified atom stereocenters. The number of aromatic nitrogens is 2. The summed E-state index contributed by atoms with van der Waals surface area (Å²) >= 11 is 0. The van der Waals surface area contributed by atoms with Crippen LogP contribution >= 0.6 is 0 Å². The molecule has 0 spiro atoms. The average Bonchev–Trinajstić information content (AvgIpc) is 2.91. The van der Waals surface area contributed by atoms with Crippen LogP contribution in [0.1, 0.15) is 47.3 Å². The number of hydrogen-bond donors (Lipinski definition) is 2. The lowest BCUT2D eigenvalue weighted by atomic mass is 10.2. The van der Waals surface area contributed by atoms with Crippen LogP contribution in [0.3, 0.4) is 0 Å². The van der Waals surface area contributed by atoms with Gasteiger partial charge in [0.1, 0.15) is 12.2 Å². The van der Waals surface area contributed by atoms with E-state index in [0.29, 0.717) is 35.8 Å². The Labute approximate surface area is 230 Å². The minimum Gasteiger partial charge on any atom is -0.415 e. The molecule has 2 amide bonds. The maximum absolute atomic E-state index is 13.0. The molecule has 1 aromatic heterocycles. The highest BCUT2D eigenvalue weighted by Gasteiger charge is 2.37. The second-order valence-corrected chi connectivity index (χ2v) is 15.1. The number of nitrogens with one attached hydrogen (secondary N) is 2. The molecule has 0 atom stereocenters. The van der Waals surface area contributed by atoms with E-state index in [0.717, 1.165) is 0 Å². The van der Waals surface area contributed by atoms with Crippen molar-refractivity contribution in [1.29, 1.82) is 0 Å². The van der Waals surface area contributed by atoms with Crippen LogP contribution in [0.25, 0.3) is 4.95 Å². The second kappa shape index (κ2) is 12.4. The van der Waals surface area contributed by atoms with Crippen LogP contribution in [0, 0.1) is 18.9 Å². The predicted octanol–water partition coefficient (Wildman–Crippen LogP) is 5.62. The van der Waals surface area contributed by atoms with Crippen LogP contribution < -0.4 is 15.6 Å². The standard InChI is InChI=1S/C29H32N6O3Si/c1-8-21-9-11-22(12-10-21)33-27(36)25-26(32-18-17-31-25)28(37)34-23-13-15-24(16-14-23)35(30-5)19-20-38-39(6,7)29(2,3)4/h1,9-18H,19-20H2,2-4,6-7H3,(H,33,36)(H,34,37). The summed E-state index contributed by atoms with van der Waals surface area (Å²) in [4.78, 5) is 37.6. The lowest BCUT2D eigenvalue weighted by Crippen LogP contribution is -2.42. The number of hydrogen-bond acceptors (Lipinski definition) is 6. The molecule has 3 aromatic rings. The van der Waals surface area contributed by atoms with Gasteiger partial charge in [0.25, 0.3) is 11.8 Å². The van der Waals surface area contributed by atoms with Crippen LogP contribution in [-0.4, -0.2) is 43.3 Å². The summed E-state index contributed by atoms with van der Waals surface area (Å²) in [5, 5.41) is 7.05. The van der Waals surface area contributed by atoms with Crippen LogP contribution in [-0.2, 0) is 4.43 Å². The van der Waals surface area contributed by atoms with Gasteiger partial charge in [-0.2, -0.15) is 11.5 Å². The van der Waals surface area contributed by atoms with Gasteiger partial charge in [0, 0.05) is 29.3 Å². The average molecular weight is 541 g/mol. The first-order chi connectivity index (χ1) is 18.4. The third-order valence-electron chi connectivity index (χ3n) is 6.55. The van der Waals surface area contributed by atoms with Crippen LogP contribution in [0.4, 0.5) is 17.1 Å². The Morgan fingerprint density at radius 1 is 0.974 bits per heavy atom. The topological polar surface area (TPSA) is 101 Å². The van der Waals surface area contributed by atoms with E-state index in [2.05, 4.69) is 65.3 Å². The van der Waals surface area contributed by atoms with Gasteiger partial charge in [-0.1, -0.05) is 31.7 Å². The molecule has 0 fully saturated rings. The first kappa shape index (κ1) is 29.0. The number of terminal acetylenes is 1. The van der Waals surface area contributed by atoms with E-state index >= 15 is 0 Å². The van der Waals surface area contributed by atoms with Crippen LogP contribution in [0.15, 0.2) is 60.9 Å². The number of carbonyl (C=O) groups excluding carboxylic acids is 2. The smallest absolute Gasteiger partial charge is 0.276 e. The third-order valence-corrected chi connectivity index (χ3v) is 11.1. The number of nitrogens with zero attached hydrogens (tertiary/aromatic N) is 4. The molecule has 0 aliphatic heterocycles. The molecule has 200 valence electrons. The van der Waals surface area contributed by atoms with Gasteiger partial charge in [-0.05, 0) is 66.7 Å². The zero-order valence-electron chi connectivity index (χ0n) is 22.8. The Kier molecular flexibility index (Phi) is 9.20. The SMILES string of the molecule is [C-]#[N+]N(CCO[Si](C)(C)C(C)(C)C)c1ccc(NC(=O)c2nccnc2C(=O)Nc2ccc(C#C)cc2)cc1. The molecule has 0 bridgehead atoms. The maximum Gasteiger partial charge on any atom is 0.276 e. The minimum absolute atomic E-state index is 0.0905. The van der Waals surface area contributed by atoms with Crippen LogP contribution in [0.5, 0.6) is 0 Å². The van der Waals surface area contributed by atoms with E-state index in [4.69, 9.17) is 17.4 Å². The fraction of sp³-hybridized carbons (Fsp3) is 0.276. The molecule has 2 N–H and O–H groups in total. The quantitative estimate of drug-likeness (QED) is 0.158. The Bertz CT molecular complexity index is 1400. The van der Waals surface area contributed by atoms with Crippen molar-refractivity contribution in [2.75, 3.05) is 28.8 Å². The number of carbonyl (C=O) groups is 2. The minimum atomic E-state index is -1.91. The van der Waals surface area contributed by atoms with Gasteiger partial charge >= 0.3 is 0 Å². The molecule has 0 aliphatic rings. The Morgan fingerprint density at radius 3 is 1.90 bits per heavy atom. The van der Waals surface area contributed by atoms with Gasteiger partial charge in [0.2, 0.25) is 0 Å². The van der Waals surface area contributed by atoms with Crippen molar-refractivity contribution in [3.63, 3.8) is 0 Å². The van der Waals surface area contributed by atoms with E-state index in [1.165, 1.54) is 17.4 Å². The zero-order chi connectivity index (χ0) is 28.6. The monoisotopic (exact) mass is 540 g/mol. The van der Waals surface area contributed by atoms with Gasteiger partial charge in [-0.3, -0.25) is 9.59 Å². The summed E-state index contributed by atoms with van der Waals surface area (Å²) in [5.41, 5.74) is 2.10. The number of rotatable bonds is 9. The highest BCUT2D eigenvalue weighted by atomic mass is 28.4. The molecule has 39 heavy (non-hydrogen) atoms. The first-order valence-electron chi connectivity index (χ1n) is 12.3.